The van der Waals surface area contributed by atoms with Crippen LogP contribution in [0.4, 0.5) is 0 Å². The number of hydrogen-bond acceptors (Lipinski definition) is 3. The van der Waals surface area contributed by atoms with Gasteiger partial charge >= 0.3 is 0 Å². The lowest BCUT2D eigenvalue weighted by atomic mass is 9.81. The number of ether oxygens (including phenoxy) is 2. The van der Waals surface area contributed by atoms with Crippen LogP contribution in [-0.2, 0) is 14.3 Å². The molecular weight excluding hydrogens is 442 g/mol. The molecule has 1 N–H and O–H groups in total. The highest BCUT2D eigenvalue weighted by molar-refractivity contribution is 9.10. The van der Waals surface area contributed by atoms with Crippen molar-refractivity contribution in [2.75, 3.05) is 13.7 Å². The van der Waals surface area contributed by atoms with E-state index in [0.29, 0.717) is 30.9 Å². The lowest BCUT2D eigenvalue weighted by Crippen LogP contribution is -2.51. The first-order valence-electron chi connectivity index (χ1n) is 9.35. The smallest absolute Gasteiger partial charge is 0.222 e. The van der Waals surface area contributed by atoms with Crippen LogP contribution in [0.3, 0.4) is 0 Å². The van der Waals surface area contributed by atoms with E-state index in [-0.39, 0.29) is 23.7 Å². The van der Waals surface area contributed by atoms with E-state index in [1.807, 2.05) is 36.4 Å². The molecule has 0 bridgehead atoms. The second-order valence-corrected chi connectivity index (χ2v) is 8.83. The maximum Gasteiger partial charge on any atom is 0.222 e. The van der Waals surface area contributed by atoms with Crippen LogP contribution in [0.15, 0.2) is 53.0 Å². The highest BCUT2D eigenvalue weighted by atomic mass is 79.9. The standard InChI is InChI=1S/C22H25BrClNO3/c1-22(25-21(26)10-11-27-2)13-19(15-6-8-18(24)9-7-15)28-20(14-22)16-4-3-5-17(23)12-16/h3-9,12,19-20H,10-11,13-14H2,1-2H3,(H,25,26)/t19-,20+,22-/m0/s1. The molecule has 28 heavy (non-hydrogen) atoms. The lowest BCUT2D eigenvalue weighted by Gasteiger charge is -2.43. The summed E-state index contributed by atoms with van der Waals surface area (Å²) < 4.78 is 12.5. The molecule has 150 valence electrons. The van der Waals surface area contributed by atoms with Crippen molar-refractivity contribution in [3.8, 4) is 0 Å². The number of carbonyl (C=O) groups excluding carboxylic acids is 1. The number of rotatable bonds is 6. The van der Waals surface area contributed by atoms with E-state index in [4.69, 9.17) is 21.1 Å². The summed E-state index contributed by atoms with van der Waals surface area (Å²) in [6.45, 7) is 2.50. The zero-order valence-electron chi connectivity index (χ0n) is 16.1. The molecule has 0 spiro atoms. The molecule has 0 radical (unpaired) electrons. The molecule has 2 aromatic rings. The van der Waals surface area contributed by atoms with Gasteiger partial charge in [0.25, 0.3) is 0 Å². The third kappa shape index (κ3) is 5.57. The highest BCUT2D eigenvalue weighted by Crippen LogP contribution is 2.44. The SMILES string of the molecule is COCCC(=O)N[C@@]1(C)C[C@@H](c2ccc(Cl)cc2)O[C@@H](c2cccc(Br)c2)C1. The van der Waals surface area contributed by atoms with Crippen LogP contribution in [0.2, 0.25) is 5.02 Å². The van der Waals surface area contributed by atoms with Gasteiger partial charge < -0.3 is 14.8 Å². The van der Waals surface area contributed by atoms with E-state index in [1.165, 1.54) is 0 Å². The molecule has 0 saturated carbocycles. The molecule has 1 heterocycles. The summed E-state index contributed by atoms with van der Waals surface area (Å²) in [6, 6.07) is 15.9. The Kier molecular flexibility index (Phi) is 7.15. The van der Waals surface area contributed by atoms with Gasteiger partial charge in [-0.1, -0.05) is 51.8 Å². The zero-order chi connectivity index (χ0) is 20.1. The first kappa shape index (κ1) is 21.3. The predicted octanol–water partition coefficient (Wildman–Crippen LogP) is 5.61. The van der Waals surface area contributed by atoms with Crippen molar-refractivity contribution in [3.05, 3.63) is 69.2 Å². The van der Waals surface area contributed by atoms with Gasteiger partial charge in [-0.15, -0.1) is 0 Å². The van der Waals surface area contributed by atoms with E-state index in [2.05, 4.69) is 40.3 Å². The van der Waals surface area contributed by atoms with Gasteiger partial charge in [0.1, 0.15) is 0 Å². The van der Waals surface area contributed by atoms with Crippen LogP contribution in [0, 0.1) is 0 Å². The second-order valence-electron chi connectivity index (χ2n) is 7.48. The Morgan fingerprint density at radius 2 is 1.89 bits per heavy atom. The lowest BCUT2D eigenvalue weighted by molar-refractivity contribution is -0.129. The summed E-state index contributed by atoms with van der Waals surface area (Å²) in [5.74, 6) is -0.00546. The van der Waals surface area contributed by atoms with E-state index in [0.717, 1.165) is 15.6 Å². The Morgan fingerprint density at radius 3 is 2.54 bits per heavy atom. The van der Waals surface area contributed by atoms with Gasteiger partial charge in [0.05, 0.1) is 18.8 Å². The van der Waals surface area contributed by atoms with Gasteiger partial charge in [0.15, 0.2) is 0 Å². The van der Waals surface area contributed by atoms with Gasteiger partial charge in [-0.25, -0.2) is 0 Å². The molecule has 4 nitrogen and oxygen atoms in total. The number of nitrogens with one attached hydrogen (secondary N) is 1. The first-order valence-corrected chi connectivity index (χ1v) is 10.5. The van der Waals surface area contributed by atoms with Gasteiger partial charge in [-0.3, -0.25) is 4.79 Å². The average Bonchev–Trinajstić information content (AvgIpc) is 2.66. The molecule has 0 unspecified atom stereocenters. The third-order valence-electron chi connectivity index (χ3n) is 5.04. The van der Waals surface area contributed by atoms with Crippen LogP contribution in [0.25, 0.3) is 0 Å². The summed E-state index contributed by atoms with van der Waals surface area (Å²) in [6.07, 6.45) is 1.48. The topological polar surface area (TPSA) is 47.6 Å². The Morgan fingerprint density at radius 1 is 1.21 bits per heavy atom. The van der Waals surface area contributed by atoms with Crippen LogP contribution < -0.4 is 5.32 Å². The number of methoxy groups -OCH3 is 1. The van der Waals surface area contributed by atoms with E-state index in [1.54, 1.807) is 7.11 Å². The Hall–Kier alpha value is -1.40. The average molecular weight is 467 g/mol. The van der Waals surface area contributed by atoms with Gasteiger partial charge in [0.2, 0.25) is 5.91 Å². The summed E-state index contributed by atoms with van der Waals surface area (Å²) in [7, 11) is 1.60. The molecule has 1 aliphatic heterocycles. The first-order chi connectivity index (χ1) is 13.4. The van der Waals surface area contributed by atoms with Gasteiger partial charge in [-0.05, 0) is 42.3 Å². The van der Waals surface area contributed by atoms with Crippen molar-refractivity contribution in [2.24, 2.45) is 0 Å². The van der Waals surface area contributed by atoms with E-state index < -0.39 is 0 Å². The second kappa shape index (κ2) is 9.40. The number of amides is 1. The summed E-state index contributed by atoms with van der Waals surface area (Å²) in [5.41, 5.74) is 1.76. The molecule has 1 saturated heterocycles. The predicted molar refractivity (Wildman–Crippen MR) is 114 cm³/mol. The van der Waals surface area contributed by atoms with Crippen molar-refractivity contribution in [3.63, 3.8) is 0 Å². The molecule has 6 heteroatoms. The van der Waals surface area contributed by atoms with Crippen molar-refractivity contribution in [1.29, 1.82) is 0 Å². The van der Waals surface area contributed by atoms with Crippen molar-refractivity contribution < 1.29 is 14.3 Å². The van der Waals surface area contributed by atoms with Crippen molar-refractivity contribution >= 4 is 33.4 Å². The molecule has 1 amide bonds. The quantitative estimate of drug-likeness (QED) is 0.602. The van der Waals surface area contributed by atoms with E-state index >= 15 is 0 Å². The fourth-order valence-electron chi connectivity index (χ4n) is 3.67. The number of hydrogen-bond donors (Lipinski definition) is 1. The molecule has 0 aromatic heterocycles. The van der Waals surface area contributed by atoms with Crippen LogP contribution in [-0.4, -0.2) is 25.2 Å². The maximum atomic E-state index is 12.4. The molecule has 2 aromatic carbocycles. The van der Waals surface area contributed by atoms with Gasteiger partial charge in [-0.2, -0.15) is 0 Å². The van der Waals surface area contributed by atoms with Crippen LogP contribution in [0.5, 0.6) is 0 Å². The fraction of sp³-hybridized carbons (Fsp3) is 0.409. The molecule has 1 aliphatic rings. The number of halogens is 2. The van der Waals surface area contributed by atoms with Crippen LogP contribution in [0.1, 0.15) is 49.5 Å². The number of carbonyl (C=O) groups is 1. The fourth-order valence-corrected chi connectivity index (χ4v) is 4.21. The molecule has 0 aliphatic carbocycles. The minimum Gasteiger partial charge on any atom is -0.384 e. The number of benzene rings is 2. The Balaban J connectivity index is 1.86. The monoisotopic (exact) mass is 465 g/mol. The molecule has 1 fully saturated rings. The van der Waals surface area contributed by atoms with Gasteiger partial charge in [0, 0.05) is 41.4 Å². The minimum atomic E-state index is -0.389. The molecule has 3 rings (SSSR count). The zero-order valence-corrected chi connectivity index (χ0v) is 18.4. The molecule has 3 atom stereocenters. The van der Waals surface area contributed by atoms with Crippen LogP contribution >= 0.6 is 27.5 Å². The maximum absolute atomic E-state index is 12.4. The Labute approximate surface area is 179 Å². The minimum absolute atomic E-state index is 0.00546. The molecular formula is C22H25BrClNO3. The highest BCUT2D eigenvalue weighted by Gasteiger charge is 2.40. The summed E-state index contributed by atoms with van der Waals surface area (Å²) in [4.78, 5) is 12.4. The largest absolute Gasteiger partial charge is 0.384 e. The summed E-state index contributed by atoms with van der Waals surface area (Å²) >= 11 is 9.59. The van der Waals surface area contributed by atoms with Crippen molar-refractivity contribution in [2.45, 2.75) is 43.9 Å². The Bertz CT molecular complexity index is 814. The van der Waals surface area contributed by atoms with Crippen molar-refractivity contribution in [1.82, 2.24) is 5.32 Å². The third-order valence-corrected chi connectivity index (χ3v) is 5.78. The van der Waals surface area contributed by atoms with E-state index in [9.17, 15) is 4.79 Å². The normalized spacial score (nSPS) is 24.7. The summed E-state index contributed by atoms with van der Waals surface area (Å²) in [5, 5.41) is 3.91.